The van der Waals surface area contributed by atoms with Crippen LogP contribution in [-0.2, 0) is 10.9 Å². The molecule has 0 atom stereocenters. The number of carbonyl (C=O) groups is 1. The van der Waals surface area contributed by atoms with Crippen molar-refractivity contribution >= 4 is 5.97 Å². The van der Waals surface area contributed by atoms with E-state index in [0.29, 0.717) is 6.20 Å². The third-order valence-electron chi connectivity index (χ3n) is 2.09. The van der Waals surface area contributed by atoms with Gasteiger partial charge in [0.05, 0.1) is 12.7 Å². The number of halogens is 3. The molecule has 0 saturated heterocycles. The van der Waals surface area contributed by atoms with Gasteiger partial charge in [0.15, 0.2) is 0 Å². The molecule has 0 saturated carbocycles. The lowest BCUT2D eigenvalue weighted by Crippen LogP contribution is -2.05. The summed E-state index contributed by atoms with van der Waals surface area (Å²) in [7, 11) is 1.13. The molecular formula is C10H6F3N3O3. The Bertz CT molecular complexity index is 592. The molecule has 0 aliphatic rings. The molecule has 2 aromatic rings. The fourth-order valence-electron chi connectivity index (χ4n) is 1.18. The van der Waals surface area contributed by atoms with Crippen LogP contribution < -0.4 is 0 Å². The molecule has 0 aliphatic carbocycles. The Morgan fingerprint density at radius 1 is 1.32 bits per heavy atom. The van der Waals surface area contributed by atoms with Crippen molar-refractivity contribution < 1.29 is 27.1 Å². The van der Waals surface area contributed by atoms with E-state index >= 15 is 0 Å². The highest BCUT2D eigenvalue weighted by atomic mass is 19.4. The predicted molar refractivity (Wildman–Crippen MR) is 53.9 cm³/mol. The van der Waals surface area contributed by atoms with Crippen LogP contribution in [0.2, 0.25) is 0 Å². The van der Waals surface area contributed by atoms with Gasteiger partial charge in [-0.2, -0.15) is 13.2 Å². The number of aromatic nitrogens is 3. The zero-order valence-electron chi connectivity index (χ0n) is 9.43. The summed E-state index contributed by atoms with van der Waals surface area (Å²) in [5.41, 5.74) is -0.875. The van der Waals surface area contributed by atoms with Crippen molar-refractivity contribution in [1.29, 1.82) is 0 Å². The molecule has 19 heavy (non-hydrogen) atoms. The average Bonchev–Trinajstić information content (AvgIpc) is 2.86. The number of rotatable bonds is 2. The van der Waals surface area contributed by atoms with E-state index in [2.05, 4.69) is 19.9 Å². The first-order chi connectivity index (χ1) is 8.91. The summed E-state index contributed by atoms with van der Waals surface area (Å²) in [5.74, 6) is -1.42. The Morgan fingerprint density at radius 3 is 2.58 bits per heavy atom. The van der Waals surface area contributed by atoms with Gasteiger partial charge in [0.25, 0.3) is 5.89 Å². The Labute approximate surface area is 104 Å². The number of hydrogen-bond donors (Lipinski definition) is 0. The van der Waals surface area contributed by atoms with Gasteiger partial charge < -0.3 is 9.15 Å². The van der Waals surface area contributed by atoms with Crippen molar-refractivity contribution in [2.75, 3.05) is 7.11 Å². The fraction of sp³-hybridized carbons (Fsp3) is 0.200. The predicted octanol–water partition coefficient (Wildman–Crippen LogP) is 1.94. The Morgan fingerprint density at radius 2 is 2.05 bits per heavy atom. The number of carbonyl (C=O) groups excluding carboxylic acids is 1. The van der Waals surface area contributed by atoms with E-state index in [-0.39, 0.29) is 11.6 Å². The molecule has 9 heteroatoms. The van der Waals surface area contributed by atoms with E-state index in [1.807, 2.05) is 0 Å². The minimum atomic E-state index is -4.47. The maximum absolute atomic E-state index is 12.3. The topological polar surface area (TPSA) is 78.1 Å². The number of hydrogen-bond acceptors (Lipinski definition) is 6. The van der Waals surface area contributed by atoms with E-state index in [1.54, 1.807) is 0 Å². The van der Waals surface area contributed by atoms with Crippen LogP contribution >= 0.6 is 0 Å². The van der Waals surface area contributed by atoms with Crippen molar-refractivity contribution in [1.82, 2.24) is 15.2 Å². The highest BCUT2D eigenvalue weighted by Crippen LogP contribution is 2.29. The second-order valence-electron chi connectivity index (χ2n) is 3.33. The Balaban J connectivity index is 2.28. The van der Waals surface area contributed by atoms with Gasteiger partial charge in [-0.3, -0.25) is 4.98 Å². The van der Waals surface area contributed by atoms with Gasteiger partial charge in [0, 0.05) is 6.20 Å². The Hall–Kier alpha value is -2.45. The van der Waals surface area contributed by atoms with Crippen molar-refractivity contribution in [3.05, 3.63) is 29.8 Å². The maximum atomic E-state index is 12.3. The van der Waals surface area contributed by atoms with E-state index in [9.17, 15) is 18.0 Å². The Kier molecular flexibility index (Phi) is 3.19. The molecule has 100 valence electrons. The minimum absolute atomic E-state index is 0.0238. The van der Waals surface area contributed by atoms with Gasteiger partial charge in [-0.1, -0.05) is 0 Å². The quantitative estimate of drug-likeness (QED) is 0.778. The number of esters is 1. The molecule has 0 radical (unpaired) electrons. The molecule has 0 bridgehead atoms. The summed E-state index contributed by atoms with van der Waals surface area (Å²) in [6, 6.07) is 1.89. The van der Waals surface area contributed by atoms with Gasteiger partial charge in [-0.25, -0.2) is 4.79 Å². The number of ether oxygens (including phenoxy) is 1. The zero-order valence-corrected chi connectivity index (χ0v) is 9.43. The van der Waals surface area contributed by atoms with Crippen LogP contribution in [0.3, 0.4) is 0 Å². The van der Waals surface area contributed by atoms with Gasteiger partial charge in [-0.15, -0.1) is 10.2 Å². The molecular weight excluding hydrogens is 267 g/mol. The molecule has 2 rings (SSSR count). The number of alkyl halides is 3. The van der Waals surface area contributed by atoms with E-state index in [4.69, 9.17) is 4.42 Å². The highest BCUT2D eigenvalue weighted by Gasteiger charge is 2.31. The zero-order chi connectivity index (χ0) is 14.0. The first-order valence-corrected chi connectivity index (χ1v) is 4.87. The lowest BCUT2D eigenvalue weighted by Gasteiger charge is -2.05. The largest absolute Gasteiger partial charge is 0.462 e. The highest BCUT2D eigenvalue weighted by molar-refractivity contribution is 5.84. The molecule has 0 N–H and O–H groups in total. The van der Waals surface area contributed by atoms with Gasteiger partial charge in [0.2, 0.25) is 0 Å². The summed E-state index contributed by atoms with van der Waals surface area (Å²) >= 11 is 0. The summed E-state index contributed by atoms with van der Waals surface area (Å²) in [6.07, 6.45) is -3.84. The molecule has 0 aromatic carbocycles. The van der Waals surface area contributed by atoms with Crippen LogP contribution in [0.1, 0.15) is 16.2 Å². The SMILES string of the molecule is COC(=O)c1nnc(-c2ccc(C(F)(F)F)cn2)o1. The molecule has 0 amide bonds. The molecule has 0 unspecified atom stereocenters. The van der Waals surface area contributed by atoms with Crippen molar-refractivity contribution in [2.24, 2.45) is 0 Å². The van der Waals surface area contributed by atoms with E-state index < -0.39 is 23.6 Å². The summed E-state index contributed by atoms with van der Waals surface area (Å²) in [5, 5.41) is 6.87. The summed E-state index contributed by atoms with van der Waals surface area (Å²) in [4.78, 5) is 14.6. The third kappa shape index (κ3) is 2.69. The van der Waals surface area contributed by atoms with Gasteiger partial charge >= 0.3 is 18.0 Å². The molecule has 0 fully saturated rings. The normalized spacial score (nSPS) is 11.4. The molecule has 0 aliphatic heterocycles. The molecule has 2 heterocycles. The van der Waals surface area contributed by atoms with Crippen LogP contribution in [0, 0.1) is 0 Å². The monoisotopic (exact) mass is 273 g/mol. The summed E-state index contributed by atoms with van der Waals surface area (Å²) in [6.45, 7) is 0. The molecule has 6 nitrogen and oxygen atoms in total. The van der Waals surface area contributed by atoms with Gasteiger partial charge in [0.1, 0.15) is 5.69 Å². The van der Waals surface area contributed by atoms with Gasteiger partial charge in [-0.05, 0) is 12.1 Å². The lowest BCUT2D eigenvalue weighted by molar-refractivity contribution is -0.137. The first-order valence-electron chi connectivity index (χ1n) is 4.87. The van der Waals surface area contributed by atoms with Crippen LogP contribution in [-0.4, -0.2) is 28.3 Å². The second-order valence-corrected chi connectivity index (χ2v) is 3.33. The second kappa shape index (κ2) is 4.67. The average molecular weight is 273 g/mol. The van der Waals surface area contributed by atoms with Crippen molar-refractivity contribution in [2.45, 2.75) is 6.18 Å². The van der Waals surface area contributed by atoms with E-state index in [0.717, 1.165) is 19.2 Å². The standard InChI is InChI=1S/C10H6F3N3O3/c1-18-9(17)8-16-15-7(19-8)6-3-2-5(4-14-6)10(11,12)13/h2-4H,1H3. The van der Waals surface area contributed by atoms with Crippen LogP contribution in [0.4, 0.5) is 13.2 Å². The summed E-state index contributed by atoms with van der Waals surface area (Å²) < 4.78 is 46.2. The third-order valence-corrected chi connectivity index (χ3v) is 2.09. The first kappa shape index (κ1) is 13.0. The smallest absolute Gasteiger partial charge is 0.417 e. The molecule has 0 spiro atoms. The van der Waals surface area contributed by atoms with E-state index in [1.165, 1.54) is 0 Å². The number of methoxy groups -OCH3 is 1. The fourth-order valence-corrected chi connectivity index (χ4v) is 1.18. The van der Waals surface area contributed by atoms with Crippen molar-refractivity contribution in [3.8, 4) is 11.6 Å². The molecule has 2 aromatic heterocycles. The number of nitrogens with zero attached hydrogens (tertiary/aromatic N) is 3. The van der Waals surface area contributed by atoms with Crippen molar-refractivity contribution in [3.63, 3.8) is 0 Å². The maximum Gasteiger partial charge on any atom is 0.417 e. The van der Waals surface area contributed by atoms with Crippen LogP contribution in [0.25, 0.3) is 11.6 Å². The lowest BCUT2D eigenvalue weighted by atomic mass is 10.2. The minimum Gasteiger partial charge on any atom is -0.462 e. The van der Waals surface area contributed by atoms with Crippen LogP contribution in [0.15, 0.2) is 22.7 Å². The van der Waals surface area contributed by atoms with Crippen LogP contribution in [0.5, 0.6) is 0 Å². The number of pyridine rings is 1.